The van der Waals surface area contributed by atoms with Gasteiger partial charge in [-0.05, 0) is 69.4 Å². The number of rotatable bonds is 12. The molecule has 2 fully saturated rings. The van der Waals surface area contributed by atoms with Crippen molar-refractivity contribution in [2.24, 2.45) is 5.73 Å². The number of halogens is 5. The molecule has 2 aliphatic rings. The standard InChI is InChI=1S/C36H49Cl2N6O6S.3ClH/c1-24-22-25(2)40-33-26(24)8-6-10-30(33)50-23-27-28(37)11-12-31(32(27)38)51(47,48)41-36(13-20-49-21-14-36)35(46)43-17-15-42(16-18-43)34(45)29(39)9-7-19-44(3,4)5;;;/h6,8,10-12,22,29,41H,7,9,13-21,23,39H2,1-5H3;3*1H/q+1;;;/p-1/t29-;;;/m0.../s1. The number of hydrogen-bond donors (Lipinski definition) is 2. The van der Waals surface area contributed by atoms with Gasteiger partial charge >= 0.3 is 0 Å². The number of nitrogens with two attached hydrogens (primary N) is 1. The lowest BCUT2D eigenvalue weighted by Gasteiger charge is -2.43. The SMILES string of the molecule is Cc1cc(C)c2cccc(OCc3c(Cl)ccc(S(=O)(=O)NC4(C(=O)N5CCN(C(=O)[C@@H](N)CCC[N+](C)(C)C)CC5)CCOCC4)c3Cl)c2n1.Cl.Cl.[Cl-]. The third kappa shape index (κ3) is 11.2. The Labute approximate surface area is 347 Å². The molecule has 0 unspecified atom stereocenters. The minimum atomic E-state index is -4.35. The Hall–Kier alpha value is -2.17. The van der Waals surface area contributed by atoms with Crippen molar-refractivity contribution in [2.45, 2.75) is 62.6 Å². The van der Waals surface area contributed by atoms with Crippen molar-refractivity contribution in [3.63, 3.8) is 0 Å². The first-order valence-electron chi connectivity index (χ1n) is 17.2. The number of hydrogen-bond acceptors (Lipinski definition) is 8. The fourth-order valence-corrected chi connectivity index (χ4v) is 9.01. The Morgan fingerprint density at radius 1 is 1.04 bits per heavy atom. The maximum Gasteiger partial charge on any atom is 0.244 e. The monoisotopic (exact) mass is 870 g/mol. The highest BCUT2D eigenvalue weighted by Crippen LogP contribution is 2.35. The number of amides is 2. The number of nitrogens with zero attached hydrogens (tertiary/aromatic N) is 4. The van der Waals surface area contributed by atoms with Crippen LogP contribution in [0.1, 0.15) is 42.5 Å². The molecular formula is C36H51Cl5N6O6S. The molecule has 2 aliphatic heterocycles. The number of sulfonamides is 1. The van der Waals surface area contributed by atoms with Crippen LogP contribution in [0.2, 0.25) is 10.0 Å². The summed E-state index contributed by atoms with van der Waals surface area (Å²) in [6.45, 7) is 6.21. The molecule has 3 aromatic rings. The molecule has 302 valence electrons. The molecule has 1 atom stereocenters. The topological polar surface area (TPSA) is 144 Å². The van der Waals surface area contributed by atoms with Crippen LogP contribution < -0.4 is 27.6 Å². The van der Waals surface area contributed by atoms with Crippen LogP contribution in [0.15, 0.2) is 41.3 Å². The number of ether oxygens (including phenoxy) is 2. The number of piperazine rings is 1. The van der Waals surface area contributed by atoms with Crippen molar-refractivity contribution in [3.8, 4) is 5.75 Å². The second-order valence-electron chi connectivity index (χ2n) is 14.5. The van der Waals surface area contributed by atoms with Gasteiger partial charge in [0.05, 0.1) is 38.8 Å². The minimum Gasteiger partial charge on any atom is -1.00 e. The van der Waals surface area contributed by atoms with Gasteiger partial charge in [-0.15, -0.1) is 24.8 Å². The first-order valence-corrected chi connectivity index (χ1v) is 19.5. The summed E-state index contributed by atoms with van der Waals surface area (Å²) >= 11 is 13.3. The second-order valence-corrected chi connectivity index (χ2v) is 17.0. The van der Waals surface area contributed by atoms with Gasteiger partial charge in [0.15, 0.2) is 0 Å². The van der Waals surface area contributed by atoms with E-state index in [-0.39, 0.29) is 115 Å². The zero-order chi connectivity index (χ0) is 37.1. The van der Waals surface area contributed by atoms with Crippen LogP contribution in [0.25, 0.3) is 10.9 Å². The molecule has 3 heterocycles. The molecule has 2 saturated heterocycles. The maximum atomic E-state index is 14.2. The molecule has 3 N–H and O–H groups in total. The molecule has 5 rings (SSSR count). The van der Waals surface area contributed by atoms with Crippen molar-refractivity contribution in [1.29, 1.82) is 0 Å². The number of carbonyl (C=O) groups excluding carboxylic acids is 2. The quantitative estimate of drug-likeness (QED) is 0.263. The summed E-state index contributed by atoms with van der Waals surface area (Å²) in [5.74, 6) is 0.00807. The number of quaternary nitrogens is 1. The van der Waals surface area contributed by atoms with Crippen molar-refractivity contribution < 1.29 is 44.4 Å². The largest absolute Gasteiger partial charge is 1.00 e. The first-order chi connectivity index (χ1) is 24.0. The average molecular weight is 873 g/mol. The minimum absolute atomic E-state index is 0. The zero-order valence-electron chi connectivity index (χ0n) is 31.2. The van der Waals surface area contributed by atoms with E-state index < -0.39 is 21.6 Å². The molecule has 12 nitrogen and oxygen atoms in total. The Kier molecular flexibility index (Phi) is 17.6. The fourth-order valence-electron chi connectivity index (χ4n) is 6.71. The van der Waals surface area contributed by atoms with Crippen LogP contribution in [-0.2, 0) is 31.0 Å². The molecule has 54 heavy (non-hydrogen) atoms. The number of pyridine rings is 1. The number of fused-ring (bicyclic) bond motifs is 1. The van der Waals surface area contributed by atoms with E-state index in [1.807, 2.05) is 32.0 Å². The van der Waals surface area contributed by atoms with Crippen LogP contribution in [-0.4, -0.2) is 118 Å². The van der Waals surface area contributed by atoms with Crippen LogP contribution >= 0.6 is 48.0 Å². The van der Waals surface area contributed by atoms with Gasteiger partial charge < -0.3 is 41.9 Å². The summed E-state index contributed by atoms with van der Waals surface area (Å²) in [5, 5.41) is 1.07. The van der Waals surface area contributed by atoms with E-state index in [2.05, 4.69) is 30.8 Å². The van der Waals surface area contributed by atoms with Crippen LogP contribution in [0.3, 0.4) is 0 Å². The molecule has 0 saturated carbocycles. The molecule has 1 aromatic heterocycles. The van der Waals surface area contributed by atoms with Gasteiger partial charge in [0.1, 0.15) is 28.3 Å². The van der Waals surface area contributed by atoms with Gasteiger partial charge in [0.25, 0.3) is 0 Å². The highest BCUT2D eigenvalue weighted by Gasteiger charge is 2.47. The van der Waals surface area contributed by atoms with Crippen LogP contribution in [0, 0.1) is 13.8 Å². The van der Waals surface area contributed by atoms with E-state index in [4.69, 9.17) is 38.4 Å². The van der Waals surface area contributed by atoms with Gasteiger partial charge in [0, 0.05) is 61.1 Å². The van der Waals surface area contributed by atoms with Gasteiger partial charge in [-0.3, -0.25) is 9.59 Å². The van der Waals surface area contributed by atoms with Crippen molar-refractivity contribution in [1.82, 2.24) is 19.5 Å². The number of carbonyl (C=O) groups is 2. The number of aromatic nitrogens is 1. The van der Waals surface area contributed by atoms with Crippen LogP contribution in [0.4, 0.5) is 0 Å². The van der Waals surface area contributed by atoms with Gasteiger partial charge in [0.2, 0.25) is 21.8 Å². The van der Waals surface area contributed by atoms with Crippen LogP contribution in [0.5, 0.6) is 5.75 Å². The molecule has 2 aromatic carbocycles. The first kappa shape index (κ1) is 48.0. The van der Waals surface area contributed by atoms with Crippen molar-refractivity contribution >= 4 is 80.8 Å². The average Bonchev–Trinajstić information content (AvgIpc) is 3.07. The number of aryl methyl sites for hydroxylation is 2. The summed E-state index contributed by atoms with van der Waals surface area (Å²) in [6.07, 6.45) is 1.68. The van der Waals surface area contributed by atoms with Gasteiger partial charge in [-0.1, -0.05) is 35.3 Å². The molecule has 2 amide bonds. The van der Waals surface area contributed by atoms with Crippen molar-refractivity contribution in [3.05, 3.63) is 63.3 Å². The highest BCUT2D eigenvalue weighted by molar-refractivity contribution is 7.89. The predicted molar refractivity (Wildman–Crippen MR) is 213 cm³/mol. The number of para-hydroxylation sites is 1. The number of benzene rings is 2. The summed E-state index contributed by atoms with van der Waals surface area (Å²) in [5.41, 5.74) is 7.63. The lowest BCUT2D eigenvalue weighted by molar-refractivity contribution is -0.870. The highest BCUT2D eigenvalue weighted by atomic mass is 35.5. The Bertz CT molecular complexity index is 1880. The summed E-state index contributed by atoms with van der Waals surface area (Å²) in [7, 11) is 1.94. The normalized spacial score (nSPS) is 16.4. The maximum absolute atomic E-state index is 14.2. The lowest BCUT2D eigenvalue weighted by atomic mass is 9.89. The predicted octanol–water partition coefficient (Wildman–Crippen LogP) is 1.90. The molecule has 18 heteroatoms. The van der Waals surface area contributed by atoms with E-state index in [1.165, 1.54) is 12.1 Å². The third-order valence-corrected chi connectivity index (χ3v) is 12.1. The Balaban J connectivity index is 0.00000336. The molecular weight excluding hydrogens is 822 g/mol. The fraction of sp³-hybridized carbons (Fsp3) is 0.528. The van der Waals surface area contributed by atoms with E-state index in [0.717, 1.165) is 34.1 Å². The molecule has 0 radical (unpaired) electrons. The number of nitrogens with one attached hydrogen (secondary N) is 1. The third-order valence-electron chi connectivity index (χ3n) is 9.57. The summed E-state index contributed by atoms with van der Waals surface area (Å²) in [4.78, 5) is 35.0. The lowest BCUT2D eigenvalue weighted by Crippen LogP contribution is -3.00. The smallest absolute Gasteiger partial charge is 0.244 e. The van der Waals surface area contributed by atoms with Crippen molar-refractivity contribution in [2.75, 3.05) is 67.1 Å². The molecule has 0 spiro atoms. The summed E-state index contributed by atoms with van der Waals surface area (Å²) in [6, 6.07) is 9.78. The van der Waals surface area contributed by atoms with E-state index in [1.54, 1.807) is 15.9 Å². The Morgan fingerprint density at radius 3 is 2.30 bits per heavy atom. The van der Waals surface area contributed by atoms with Gasteiger partial charge in [-0.25, -0.2) is 13.4 Å². The molecule has 0 bridgehead atoms. The van der Waals surface area contributed by atoms with E-state index >= 15 is 0 Å². The molecule has 0 aliphatic carbocycles. The van der Waals surface area contributed by atoms with E-state index in [0.29, 0.717) is 30.8 Å². The summed E-state index contributed by atoms with van der Waals surface area (Å²) < 4.78 is 43.4. The zero-order valence-corrected chi connectivity index (χ0v) is 35.9. The second kappa shape index (κ2) is 19.8. The van der Waals surface area contributed by atoms with Gasteiger partial charge in [-0.2, -0.15) is 4.72 Å². The Morgan fingerprint density at radius 2 is 1.67 bits per heavy atom. The van der Waals surface area contributed by atoms with E-state index in [9.17, 15) is 18.0 Å².